The van der Waals surface area contributed by atoms with Gasteiger partial charge in [0.25, 0.3) is 0 Å². The van der Waals surface area contributed by atoms with E-state index < -0.39 is 35.8 Å². The summed E-state index contributed by atoms with van der Waals surface area (Å²) in [6.07, 6.45) is -0.213. The maximum absolute atomic E-state index is 12.6. The lowest BCUT2D eigenvalue weighted by Gasteiger charge is -2.23. The molecule has 0 amide bonds. The van der Waals surface area contributed by atoms with E-state index in [1.165, 1.54) is 6.33 Å². The zero-order chi connectivity index (χ0) is 21.4. The van der Waals surface area contributed by atoms with Crippen molar-refractivity contribution in [3.63, 3.8) is 0 Å². The van der Waals surface area contributed by atoms with E-state index in [1.54, 1.807) is 4.52 Å². The molecule has 4 heterocycles. The number of aromatic nitrogens is 3. The summed E-state index contributed by atoms with van der Waals surface area (Å²) in [5.41, 5.74) is 7.51. The first kappa shape index (κ1) is 18.7. The fourth-order valence-corrected chi connectivity index (χ4v) is 4.89. The van der Waals surface area contributed by atoms with Crippen molar-refractivity contribution in [3.05, 3.63) is 60.0 Å². The molecule has 3 aromatic rings. The second kappa shape index (κ2) is 6.25. The SMILES string of the molecule is CC1(C)O[C@H]2[C@H](c3ccc4c(N)ncnn34)O[C@@H]3C(OC(=O)Cc4ccccc4)[C@@]32O1. The van der Waals surface area contributed by atoms with Crippen molar-refractivity contribution in [1.29, 1.82) is 0 Å². The van der Waals surface area contributed by atoms with Crippen LogP contribution in [0.2, 0.25) is 0 Å². The van der Waals surface area contributed by atoms with Gasteiger partial charge in [0.05, 0.1) is 12.1 Å². The van der Waals surface area contributed by atoms with Crippen LogP contribution in [0.25, 0.3) is 5.52 Å². The summed E-state index contributed by atoms with van der Waals surface area (Å²) in [4.78, 5) is 16.6. The van der Waals surface area contributed by atoms with E-state index in [9.17, 15) is 4.79 Å². The number of anilines is 1. The van der Waals surface area contributed by atoms with Gasteiger partial charge < -0.3 is 24.7 Å². The Morgan fingerprint density at radius 2 is 2.00 bits per heavy atom. The third kappa shape index (κ3) is 2.70. The van der Waals surface area contributed by atoms with Crippen LogP contribution >= 0.6 is 0 Å². The smallest absolute Gasteiger partial charge is 0.310 e. The molecule has 31 heavy (non-hydrogen) atoms. The van der Waals surface area contributed by atoms with E-state index in [4.69, 9.17) is 24.7 Å². The molecule has 2 saturated heterocycles. The quantitative estimate of drug-likeness (QED) is 0.634. The molecule has 3 fully saturated rings. The van der Waals surface area contributed by atoms with E-state index in [1.807, 2.05) is 56.3 Å². The summed E-state index contributed by atoms with van der Waals surface area (Å²) in [5.74, 6) is -0.760. The number of nitrogens with zero attached hydrogens (tertiary/aromatic N) is 3. The largest absolute Gasteiger partial charge is 0.456 e. The first-order valence-corrected chi connectivity index (χ1v) is 10.2. The van der Waals surface area contributed by atoms with Crippen LogP contribution in [0.4, 0.5) is 5.82 Å². The lowest BCUT2D eigenvalue weighted by molar-refractivity contribution is -0.176. The predicted molar refractivity (Wildman–Crippen MR) is 108 cm³/mol. The molecular formula is C22H22N4O5. The summed E-state index contributed by atoms with van der Waals surface area (Å²) in [6, 6.07) is 13.2. The lowest BCUT2D eigenvalue weighted by Crippen LogP contribution is -2.34. The zero-order valence-electron chi connectivity index (χ0n) is 17.1. The van der Waals surface area contributed by atoms with Crippen molar-refractivity contribution >= 4 is 17.3 Å². The van der Waals surface area contributed by atoms with Crippen molar-refractivity contribution in [2.75, 3.05) is 5.73 Å². The van der Waals surface area contributed by atoms with E-state index in [0.29, 0.717) is 11.3 Å². The highest BCUT2D eigenvalue weighted by molar-refractivity contribution is 5.73. The zero-order valence-corrected chi connectivity index (χ0v) is 17.1. The minimum absolute atomic E-state index is 0.192. The Labute approximate surface area is 178 Å². The van der Waals surface area contributed by atoms with Gasteiger partial charge in [0.15, 0.2) is 23.3 Å². The van der Waals surface area contributed by atoms with Crippen LogP contribution in [0.1, 0.15) is 31.2 Å². The normalized spacial score (nSPS) is 32.6. The molecule has 2 aliphatic heterocycles. The van der Waals surface area contributed by atoms with Gasteiger partial charge in [-0.25, -0.2) is 9.50 Å². The molecule has 3 aliphatic rings. The van der Waals surface area contributed by atoms with Crippen molar-refractivity contribution < 1.29 is 23.7 Å². The van der Waals surface area contributed by atoms with Crippen LogP contribution in [0.5, 0.6) is 0 Å². The van der Waals surface area contributed by atoms with Crippen molar-refractivity contribution in [2.45, 2.75) is 56.1 Å². The number of rotatable bonds is 4. The van der Waals surface area contributed by atoms with Crippen molar-refractivity contribution in [3.8, 4) is 0 Å². The molecule has 2 N–H and O–H groups in total. The lowest BCUT2D eigenvalue weighted by atomic mass is 10.1. The number of nitrogens with two attached hydrogens (primary N) is 1. The van der Waals surface area contributed by atoms with Crippen LogP contribution in [-0.2, 0) is 30.2 Å². The van der Waals surface area contributed by atoms with Gasteiger partial charge in [-0.3, -0.25) is 4.79 Å². The number of hydrogen-bond acceptors (Lipinski definition) is 8. The summed E-state index contributed by atoms with van der Waals surface area (Å²) in [7, 11) is 0. The Bertz CT molecular complexity index is 1180. The first-order chi connectivity index (χ1) is 14.9. The Kier molecular flexibility index (Phi) is 3.78. The number of fused-ring (bicyclic) bond motifs is 1. The van der Waals surface area contributed by atoms with Gasteiger partial charge in [0.1, 0.15) is 30.2 Å². The van der Waals surface area contributed by atoms with Crippen molar-refractivity contribution in [2.24, 2.45) is 0 Å². The van der Waals surface area contributed by atoms with Crippen LogP contribution in [-0.4, -0.2) is 50.3 Å². The van der Waals surface area contributed by atoms with Crippen molar-refractivity contribution in [1.82, 2.24) is 14.6 Å². The molecule has 160 valence electrons. The molecule has 1 spiro atoms. The van der Waals surface area contributed by atoms with E-state index in [2.05, 4.69) is 10.1 Å². The Morgan fingerprint density at radius 3 is 2.81 bits per heavy atom. The highest BCUT2D eigenvalue weighted by atomic mass is 16.8. The van der Waals surface area contributed by atoms with E-state index >= 15 is 0 Å². The van der Waals surface area contributed by atoms with Gasteiger partial charge in [0.2, 0.25) is 0 Å². The second-order valence-electron chi connectivity index (χ2n) is 8.64. The van der Waals surface area contributed by atoms with Gasteiger partial charge >= 0.3 is 5.97 Å². The highest BCUT2D eigenvalue weighted by Crippen LogP contribution is 2.65. The molecule has 9 heteroatoms. The van der Waals surface area contributed by atoms with Gasteiger partial charge in [-0.15, -0.1) is 0 Å². The van der Waals surface area contributed by atoms with Crippen LogP contribution in [0.15, 0.2) is 48.8 Å². The van der Waals surface area contributed by atoms with Crippen LogP contribution in [0.3, 0.4) is 0 Å². The molecule has 1 saturated carbocycles. The summed E-state index contributed by atoms with van der Waals surface area (Å²) in [5, 5.41) is 4.31. The Morgan fingerprint density at radius 1 is 1.19 bits per heavy atom. The molecule has 6 rings (SSSR count). The summed E-state index contributed by atoms with van der Waals surface area (Å²) in [6.45, 7) is 3.71. The molecular weight excluding hydrogens is 400 g/mol. The first-order valence-electron chi connectivity index (χ1n) is 10.2. The van der Waals surface area contributed by atoms with E-state index in [0.717, 1.165) is 11.3 Å². The molecule has 1 aromatic carbocycles. The number of nitrogen functional groups attached to an aromatic ring is 1. The minimum atomic E-state index is -0.830. The molecule has 0 radical (unpaired) electrons. The van der Waals surface area contributed by atoms with Crippen LogP contribution in [0, 0.1) is 0 Å². The number of carbonyl (C=O) groups excluding carboxylic acids is 1. The Hall–Kier alpha value is -3.01. The maximum atomic E-state index is 12.6. The molecule has 0 bridgehead atoms. The monoisotopic (exact) mass is 422 g/mol. The molecule has 9 nitrogen and oxygen atoms in total. The molecule has 5 atom stereocenters. The third-order valence-corrected chi connectivity index (χ3v) is 6.15. The van der Waals surface area contributed by atoms with E-state index in [-0.39, 0.29) is 12.4 Å². The fraction of sp³-hybridized carbons (Fsp3) is 0.409. The van der Waals surface area contributed by atoms with Gasteiger partial charge in [-0.2, -0.15) is 5.10 Å². The Balaban J connectivity index is 1.27. The number of hydrogen-bond donors (Lipinski definition) is 1. The fourth-order valence-electron chi connectivity index (χ4n) is 4.89. The number of benzene rings is 1. The third-order valence-electron chi connectivity index (χ3n) is 6.15. The maximum Gasteiger partial charge on any atom is 0.310 e. The standard InChI is InChI=1S/C22H22N4O5/c1-21(2)30-17-16(13-8-9-14-20(23)24-11-25-26(13)14)29-19-18(22(17,19)31-21)28-15(27)10-12-6-4-3-5-7-12/h3-9,11,16-19H,10H2,1-2H3,(H2,23,24,25)/t16-,17-,18?,19+,22+/m0/s1. The van der Waals surface area contributed by atoms with Crippen LogP contribution < -0.4 is 5.73 Å². The molecule has 1 unspecified atom stereocenters. The highest BCUT2D eigenvalue weighted by Gasteiger charge is 2.85. The molecule has 2 aromatic heterocycles. The molecule has 1 aliphatic carbocycles. The average molecular weight is 422 g/mol. The second-order valence-corrected chi connectivity index (χ2v) is 8.64. The number of esters is 1. The minimum Gasteiger partial charge on any atom is -0.456 e. The number of carbonyl (C=O) groups is 1. The number of ether oxygens (including phenoxy) is 4. The van der Waals surface area contributed by atoms with Gasteiger partial charge in [0, 0.05) is 0 Å². The topological polar surface area (TPSA) is 110 Å². The summed E-state index contributed by atoms with van der Waals surface area (Å²) < 4.78 is 26.3. The van der Waals surface area contributed by atoms with Gasteiger partial charge in [-0.05, 0) is 31.5 Å². The van der Waals surface area contributed by atoms with Gasteiger partial charge in [-0.1, -0.05) is 30.3 Å². The average Bonchev–Trinajstić information content (AvgIpc) is 3.08. The summed E-state index contributed by atoms with van der Waals surface area (Å²) >= 11 is 0. The predicted octanol–water partition coefficient (Wildman–Crippen LogP) is 1.81.